The van der Waals surface area contributed by atoms with Gasteiger partial charge in [0.05, 0.1) is 0 Å². The van der Waals surface area contributed by atoms with E-state index in [1.807, 2.05) is 0 Å². The van der Waals surface area contributed by atoms with Crippen molar-refractivity contribution >= 4 is 12.4 Å². The quantitative estimate of drug-likeness (QED) is 0.774. The average Bonchev–Trinajstić information content (AvgIpc) is 2.44. The van der Waals surface area contributed by atoms with E-state index in [1.165, 1.54) is 12.1 Å². The predicted octanol–water partition coefficient (Wildman–Crippen LogP) is 1.67. The second kappa shape index (κ2) is 8.42. The molecule has 1 fully saturated rings. The van der Waals surface area contributed by atoms with Gasteiger partial charge in [0.15, 0.2) is 11.6 Å². The Morgan fingerprint density at radius 3 is 2.60 bits per heavy atom. The number of piperazine rings is 1. The summed E-state index contributed by atoms with van der Waals surface area (Å²) in [4.78, 5) is 2.30. The van der Waals surface area contributed by atoms with Crippen LogP contribution in [0.15, 0.2) is 18.2 Å². The lowest BCUT2D eigenvalue weighted by atomic mass is 9.99. The van der Waals surface area contributed by atoms with E-state index in [4.69, 9.17) is 5.11 Å². The second-order valence-electron chi connectivity index (χ2n) is 4.88. The number of nitrogens with one attached hydrogen (secondary N) is 1. The molecule has 114 valence electrons. The van der Waals surface area contributed by atoms with E-state index < -0.39 is 5.82 Å². The van der Waals surface area contributed by atoms with E-state index in [-0.39, 0.29) is 30.8 Å². The van der Waals surface area contributed by atoms with E-state index in [0.29, 0.717) is 6.42 Å². The number of phenolic OH excluding ortho intramolecular Hbond substituents is 1. The average molecular weight is 305 g/mol. The van der Waals surface area contributed by atoms with Crippen LogP contribution in [-0.4, -0.2) is 47.9 Å². The number of aliphatic hydroxyl groups is 1. The van der Waals surface area contributed by atoms with Crippen LogP contribution in [0.4, 0.5) is 4.39 Å². The van der Waals surface area contributed by atoms with Crippen molar-refractivity contribution in [1.29, 1.82) is 0 Å². The van der Waals surface area contributed by atoms with Crippen molar-refractivity contribution < 1.29 is 14.6 Å². The Hall–Kier alpha value is -0.880. The molecule has 0 unspecified atom stereocenters. The third kappa shape index (κ3) is 4.31. The Morgan fingerprint density at radius 1 is 1.30 bits per heavy atom. The molecule has 1 aliphatic rings. The summed E-state index contributed by atoms with van der Waals surface area (Å²) in [7, 11) is 0. The molecule has 0 aliphatic carbocycles. The summed E-state index contributed by atoms with van der Waals surface area (Å²) in [6.07, 6.45) is 1.48. The van der Waals surface area contributed by atoms with Crippen molar-refractivity contribution in [3.8, 4) is 5.75 Å². The van der Waals surface area contributed by atoms with Crippen LogP contribution in [0.1, 0.15) is 24.4 Å². The molecule has 1 aromatic carbocycles. The van der Waals surface area contributed by atoms with Gasteiger partial charge in [-0.25, -0.2) is 4.39 Å². The lowest BCUT2D eigenvalue weighted by molar-refractivity contribution is 0.154. The number of aromatic hydroxyl groups is 1. The van der Waals surface area contributed by atoms with Gasteiger partial charge >= 0.3 is 0 Å². The van der Waals surface area contributed by atoms with Gasteiger partial charge in [0.25, 0.3) is 0 Å². The van der Waals surface area contributed by atoms with Gasteiger partial charge in [-0.2, -0.15) is 0 Å². The molecule has 6 heteroatoms. The van der Waals surface area contributed by atoms with Crippen molar-refractivity contribution in [3.05, 3.63) is 29.6 Å². The van der Waals surface area contributed by atoms with E-state index in [9.17, 15) is 9.50 Å². The number of phenols is 1. The van der Waals surface area contributed by atoms with Gasteiger partial charge in [-0.3, -0.25) is 4.90 Å². The minimum Gasteiger partial charge on any atom is -0.505 e. The van der Waals surface area contributed by atoms with Gasteiger partial charge in [0.2, 0.25) is 0 Å². The molecule has 2 rings (SSSR count). The van der Waals surface area contributed by atoms with Crippen LogP contribution >= 0.6 is 12.4 Å². The number of halogens is 2. The van der Waals surface area contributed by atoms with Crippen LogP contribution in [0.5, 0.6) is 5.75 Å². The molecule has 1 heterocycles. The maximum absolute atomic E-state index is 13.5. The third-order valence-corrected chi connectivity index (χ3v) is 3.58. The lowest BCUT2D eigenvalue weighted by Gasteiger charge is -2.35. The summed E-state index contributed by atoms with van der Waals surface area (Å²) in [5, 5.41) is 21.6. The molecule has 0 spiro atoms. The van der Waals surface area contributed by atoms with Crippen LogP contribution in [0, 0.1) is 5.82 Å². The Labute approximate surface area is 125 Å². The minimum absolute atomic E-state index is 0. The van der Waals surface area contributed by atoms with Crippen molar-refractivity contribution in [2.45, 2.75) is 18.9 Å². The first-order valence-electron chi connectivity index (χ1n) is 6.76. The van der Waals surface area contributed by atoms with Crippen molar-refractivity contribution in [2.24, 2.45) is 0 Å². The number of rotatable bonds is 5. The largest absolute Gasteiger partial charge is 0.505 e. The minimum atomic E-state index is -0.582. The summed E-state index contributed by atoms with van der Waals surface area (Å²) in [5.41, 5.74) is 0.866. The predicted molar refractivity (Wildman–Crippen MR) is 78.8 cm³/mol. The van der Waals surface area contributed by atoms with Gasteiger partial charge in [0.1, 0.15) is 0 Å². The molecule has 1 saturated heterocycles. The van der Waals surface area contributed by atoms with Crippen LogP contribution in [0.25, 0.3) is 0 Å². The maximum Gasteiger partial charge on any atom is 0.165 e. The summed E-state index contributed by atoms with van der Waals surface area (Å²) in [5.74, 6) is -0.897. The van der Waals surface area contributed by atoms with E-state index in [1.54, 1.807) is 6.07 Å². The smallest absolute Gasteiger partial charge is 0.165 e. The molecule has 0 saturated carbocycles. The van der Waals surface area contributed by atoms with E-state index in [2.05, 4.69) is 10.2 Å². The molecule has 1 atom stereocenters. The molecule has 3 N–H and O–H groups in total. The zero-order chi connectivity index (χ0) is 13.7. The van der Waals surface area contributed by atoms with E-state index >= 15 is 0 Å². The molecule has 4 nitrogen and oxygen atoms in total. The number of aliphatic hydroxyl groups excluding tert-OH is 1. The van der Waals surface area contributed by atoms with Crippen LogP contribution in [0.3, 0.4) is 0 Å². The zero-order valence-corrected chi connectivity index (χ0v) is 12.2. The molecule has 1 aliphatic heterocycles. The van der Waals surface area contributed by atoms with Crippen molar-refractivity contribution in [1.82, 2.24) is 10.2 Å². The molecule has 0 aromatic heterocycles. The summed E-state index contributed by atoms with van der Waals surface area (Å²) in [6, 6.07) is 4.67. The second-order valence-corrected chi connectivity index (χ2v) is 4.88. The summed E-state index contributed by atoms with van der Waals surface area (Å²) < 4.78 is 13.5. The Balaban J connectivity index is 0.00000200. The highest BCUT2D eigenvalue weighted by molar-refractivity contribution is 5.85. The van der Waals surface area contributed by atoms with Gasteiger partial charge in [-0.1, -0.05) is 6.07 Å². The fourth-order valence-electron chi connectivity index (χ4n) is 2.57. The van der Waals surface area contributed by atoms with E-state index in [0.717, 1.165) is 38.2 Å². The highest BCUT2D eigenvalue weighted by Crippen LogP contribution is 2.28. The van der Waals surface area contributed by atoms with Crippen LogP contribution in [0.2, 0.25) is 0 Å². The Bertz CT molecular complexity index is 414. The normalized spacial score (nSPS) is 17.5. The van der Waals surface area contributed by atoms with Crippen molar-refractivity contribution in [3.63, 3.8) is 0 Å². The summed E-state index contributed by atoms with van der Waals surface area (Å²) in [6.45, 7) is 3.83. The first kappa shape index (κ1) is 17.2. The fourth-order valence-corrected chi connectivity index (χ4v) is 2.57. The Kier molecular flexibility index (Phi) is 7.23. The standard InChI is InChI=1S/C14H21FN2O2.ClH/c15-12-10-11(3-4-14(12)19)13(2-1-9-18)17-7-5-16-6-8-17;/h3-4,10,13,16,18-19H,1-2,5-9H2;1H/t13-;/m1./s1. The number of benzene rings is 1. The number of hydrogen-bond donors (Lipinski definition) is 3. The molecule has 0 radical (unpaired) electrons. The fraction of sp³-hybridized carbons (Fsp3) is 0.571. The molecule has 1 aromatic rings. The number of nitrogens with zero attached hydrogens (tertiary/aromatic N) is 1. The van der Waals surface area contributed by atoms with Gasteiger partial charge < -0.3 is 15.5 Å². The van der Waals surface area contributed by atoms with Gasteiger partial charge in [-0.15, -0.1) is 12.4 Å². The topological polar surface area (TPSA) is 55.7 Å². The van der Waals surface area contributed by atoms with Crippen molar-refractivity contribution in [2.75, 3.05) is 32.8 Å². The molecule has 20 heavy (non-hydrogen) atoms. The molecule has 0 amide bonds. The van der Waals surface area contributed by atoms with Crippen LogP contribution < -0.4 is 5.32 Å². The monoisotopic (exact) mass is 304 g/mol. The zero-order valence-electron chi connectivity index (χ0n) is 11.4. The van der Waals surface area contributed by atoms with Gasteiger partial charge in [0, 0.05) is 38.8 Å². The Morgan fingerprint density at radius 2 is 2.00 bits per heavy atom. The molecule has 0 bridgehead atoms. The highest BCUT2D eigenvalue weighted by Gasteiger charge is 2.22. The molecular weight excluding hydrogens is 283 g/mol. The lowest BCUT2D eigenvalue weighted by Crippen LogP contribution is -2.45. The van der Waals surface area contributed by atoms with Gasteiger partial charge in [-0.05, 0) is 30.5 Å². The first-order valence-corrected chi connectivity index (χ1v) is 6.76. The van der Waals surface area contributed by atoms with Crippen LogP contribution in [-0.2, 0) is 0 Å². The maximum atomic E-state index is 13.5. The summed E-state index contributed by atoms with van der Waals surface area (Å²) >= 11 is 0. The highest BCUT2D eigenvalue weighted by atomic mass is 35.5. The third-order valence-electron chi connectivity index (χ3n) is 3.58. The first-order chi connectivity index (χ1) is 9.22. The SMILES string of the molecule is Cl.OCCC[C@H](c1ccc(O)c(F)c1)N1CCNCC1. The number of hydrogen-bond acceptors (Lipinski definition) is 4. The molecular formula is C14H22ClFN2O2.